The summed E-state index contributed by atoms with van der Waals surface area (Å²) in [6, 6.07) is 9.77. The Kier molecular flexibility index (Phi) is 5.83. The Morgan fingerprint density at radius 2 is 1.66 bits per heavy atom. The molecule has 4 rings (SSSR count). The van der Waals surface area contributed by atoms with Crippen LogP contribution in [0.15, 0.2) is 30.3 Å². The highest BCUT2D eigenvalue weighted by molar-refractivity contribution is 5.79. The second-order valence-corrected chi connectivity index (χ2v) is 7.75. The first-order chi connectivity index (χ1) is 14.1. The van der Waals surface area contributed by atoms with E-state index in [-0.39, 0.29) is 5.91 Å². The molecule has 0 radical (unpaired) electrons. The summed E-state index contributed by atoms with van der Waals surface area (Å²) < 4.78 is 5.18. The van der Waals surface area contributed by atoms with Crippen molar-refractivity contribution in [2.75, 3.05) is 56.2 Å². The van der Waals surface area contributed by atoms with Gasteiger partial charge >= 0.3 is 0 Å². The zero-order valence-electron chi connectivity index (χ0n) is 17.3. The predicted octanol–water partition coefficient (Wildman–Crippen LogP) is 2.29. The molecule has 1 amide bonds. The molecule has 0 atom stereocenters. The van der Waals surface area contributed by atoms with Gasteiger partial charge in [-0.1, -0.05) is 12.1 Å². The molecule has 154 valence electrons. The third-order valence-corrected chi connectivity index (χ3v) is 5.69. The molecule has 29 heavy (non-hydrogen) atoms. The minimum atomic E-state index is 0.165. The summed E-state index contributed by atoms with van der Waals surface area (Å²) in [6.45, 7) is 7.09. The molecular formula is C22H29N5O2. The van der Waals surface area contributed by atoms with E-state index in [1.54, 1.807) is 7.11 Å². The summed E-state index contributed by atoms with van der Waals surface area (Å²) in [5, 5.41) is 0. The van der Waals surface area contributed by atoms with Crippen LogP contribution in [0.4, 0.5) is 11.8 Å². The normalized spacial score (nSPS) is 17.0. The molecule has 0 bridgehead atoms. The highest BCUT2D eigenvalue weighted by atomic mass is 16.5. The number of aryl methyl sites for hydroxylation is 1. The molecule has 0 unspecified atom stereocenters. The second-order valence-electron chi connectivity index (χ2n) is 7.75. The molecule has 0 N–H and O–H groups in total. The lowest BCUT2D eigenvalue weighted by molar-refractivity contribution is -0.130. The minimum Gasteiger partial charge on any atom is -0.497 e. The number of aromatic nitrogens is 2. The number of carbonyl (C=O) groups excluding carboxylic acids is 1. The highest BCUT2D eigenvalue weighted by Gasteiger charge is 2.24. The number of benzene rings is 1. The van der Waals surface area contributed by atoms with Gasteiger partial charge in [0.25, 0.3) is 0 Å². The smallest absolute Gasteiger partial charge is 0.227 e. The molecule has 7 nitrogen and oxygen atoms in total. The van der Waals surface area contributed by atoms with E-state index in [0.717, 1.165) is 55.0 Å². The van der Waals surface area contributed by atoms with Gasteiger partial charge in [0.05, 0.1) is 13.5 Å². The highest BCUT2D eigenvalue weighted by Crippen LogP contribution is 2.22. The van der Waals surface area contributed by atoms with Crippen molar-refractivity contribution in [1.29, 1.82) is 0 Å². The van der Waals surface area contributed by atoms with Crippen LogP contribution in [0.1, 0.15) is 24.1 Å². The van der Waals surface area contributed by atoms with E-state index in [2.05, 4.69) is 20.9 Å². The van der Waals surface area contributed by atoms with Gasteiger partial charge in [-0.15, -0.1) is 0 Å². The van der Waals surface area contributed by atoms with Crippen LogP contribution in [0.25, 0.3) is 0 Å². The second kappa shape index (κ2) is 8.68. The van der Waals surface area contributed by atoms with E-state index < -0.39 is 0 Å². The third kappa shape index (κ3) is 4.60. The Balaban J connectivity index is 1.35. The van der Waals surface area contributed by atoms with Gasteiger partial charge in [-0.05, 0) is 37.5 Å². The van der Waals surface area contributed by atoms with Crippen molar-refractivity contribution < 1.29 is 9.53 Å². The molecule has 2 aromatic rings. The molecule has 0 spiro atoms. The van der Waals surface area contributed by atoms with Gasteiger partial charge in [-0.3, -0.25) is 4.79 Å². The number of ether oxygens (including phenoxy) is 1. The summed E-state index contributed by atoms with van der Waals surface area (Å²) in [5.74, 6) is 2.79. The molecule has 7 heteroatoms. The molecule has 3 heterocycles. The fourth-order valence-electron chi connectivity index (χ4n) is 3.97. The number of carbonyl (C=O) groups is 1. The lowest BCUT2D eigenvalue weighted by atomic mass is 10.1. The van der Waals surface area contributed by atoms with E-state index in [4.69, 9.17) is 9.72 Å². The average Bonchev–Trinajstić information content (AvgIpc) is 3.29. The number of rotatable bonds is 5. The average molecular weight is 396 g/mol. The third-order valence-electron chi connectivity index (χ3n) is 5.69. The van der Waals surface area contributed by atoms with Gasteiger partial charge < -0.3 is 19.4 Å². The van der Waals surface area contributed by atoms with Crippen LogP contribution in [-0.4, -0.2) is 67.2 Å². The van der Waals surface area contributed by atoms with E-state index >= 15 is 0 Å². The summed E-state index contributed by atoms with van der Waals surface area (Å²) in [6.07, 6.45) is 2.88. The predicted molar refractivity (Wildman–Crippen MR) is 114 cm³/mol. The van der Waals surface area contributed by atoms with Crippen molar-refractivity contribution in [3.63, 3.8) is 0 Å². The van der Waals surface area contributed by atoms with Crippen molar-refractivity contribution in [1.82, 2.24) is 14.9 Å². The first-order valence-electron chi connectivity index (χ1n) is 10.4. The minimum absolute atomic E-state index is 0.165. The molecule has 0 aliphatic carbocycles. The standard InChI is InChI=1S/C22H29N5O2/c1-17-15-20(25-9-3-4-10-25)24-22(23-17)27-13-11-26(12-14-27)21(28)16-18-5-7-19(29-2)8-6-18/h5-8,15H,3-4,9-14,16H2,1-2H3. The molecule has 1 aromatic carbocycles. The van der Waals surface area contributed by atoms with Gasteiger partial charge in [-0.25, -0.2) is 4.98 Å². The van der Waals surface area contributed by atoms with Crippen molar-refractivity contribution in [3.8, 4) is 5.75 Å². The van der Waals surface area contributed by atoms with Gasteiger partial charge in [0, 0.05) is 51.0 Å². The van der Waals surface area contributed by atoms with E-state index in [9.17, 15) is 4.79 Å². The van der Waals surface area contributed by atoms with Gasteiger partial charge in [0.2, 0.25) is 11.9 Å². The molecule has 2 fully saturated rings. The lowest BCUT2D eigenvalue weighted by Gasteiger charge is -2.35. The Bertz CT molecular complexity index is 841. The number of nitrogens with zero attached hydrogens (tertiary/aromatic N) is 5. The first kappa shape index (κ1) is 19.5. The molecular weight excluding hydrogens is 366 g/mol. The van der Waals surface area contributed by atoms with Crippen LogP contribution in [0, 0.1) is 6.92 Å². The molecule has 2 aliphatic rings. The van der Waals surface area contributed by atoms with Gasteiger partial charge in [0.15, 0.2) is 0 Å². The zero-order valence-corrected chi connectivity index (χ0v) is 17.3. The van der Waals surface area contributed by atoms with Crippen LogP contribution < -0.4 is 14.5 Å². The largest absolute Gasteiger partial charge is 0.497 e. The van der Waals surface area contributed by atoms with Gasteiger partial charge in [-0.2, -0.15) is 4.98 Å². The number of amides is 1. The number of hydrogen-bond donors (Lipinski definition) is 0. The van der Waals surface area contributed by atoms with E-state index in [1.807, 2.05) is 36.1 Å². The summed E-state index contributed by atoms with van der Waals surface area (Å²) in [7, 11) is 1.64. The Hall–Kier alpha value is -2.83. The number of piperazine rings is 1. The summed E-state index contributed by atoms with van der Waals surface area (Å²) in [5.41, 5.74) is 2.01. The van der Waals surface area contributed by atoms with Crippen LogP contribution in [-0.2, 0) is 11.2 Å². The van der Waals surface area contributed by atoms with Crippen molar-refractivity contribution in [2.45, 2.75) is 26.2 Å². The van der Waals surface area contributed by atoms with Crippen molar-refractivity contribution in [2.24, 2.45) is 0 Å². The number of anilines is 2. The van der Waals surface area contributed by atoms with Crippen LogP contribution in [0.2, 0.25) is 0 Å². The number of hydrogen-bond acceptors (Lipinski definition) is 6. The lowest BCUT2D eigenvalue weighted by Crippen LogP contribution is -2.49. The topological polar surface area (TPSA) is 61.8 Å². The molecule has 1 aromatic heterocycles. The maximum absolute atomic E-state index is 12.7. The SMILES string of the molecule is COc1ccc(CC(=O)N2CCN(c3nc(C)cc(N4CCCC4)n3)CC2)cc1. The molecule has 0 saturated carbocycles. The van der Waals surface area contributed by atoms with Crippen molar-refractivity contribution in [3.05, 3.63) is 41.6 Å². The van der Waals surface area contributed by atoms with E-state index in [0.29, 0.717) is 19.5 Å². The Morgan fingerprint density at radius 1 is 0.966 bits per heavy atom. The zero-order chi connectivity index (χ0) is 20.2. The Morgan fingerprint density at radius 3 is 2.31 bits per heavy atom. The van der Waals surface area contributed by atoms with E-state index in [1.165, 1.54) is 12.8 Å². The monoisotopic (exact) mass is 395 g/mol. The maximum Gasteiger partial charge on any atom is 0.227 e. The quantitative estimate of drug-likeness (QED) is 0.774. The fourth-order valence-corrected chi connectivity index (χ4v) is 3.97. The van der Waals surface area contributed by atoms with Crippen LogP contribution in [0.5, 0.6) is 5.75 Å². The van der Waals surface area contributed by atoms with Gasteiger partial charge in [0.1, 0.15) is 11.6 Å². The van der Waals surface area contributed by atoms with Crippen LogP contribution in [0.3, 0.4) is 0 Å². The molecule has 2 saturated heterocycles. The summed E-state index contributed by atoms with van der Waals surface area (Å²) >= 11 is 0. The fraction of sp³-hybridized carbons (Fsp3) is 0.500. The van der Waals surface area contributed by atoms with Crippen LogP contribution >= 0.6 is 0 Å². The first-order valence-corrected chi connectivity index (χ1v) is 10.4. The molecule has 2 aliphatic heterocycles. The van der Waals surface area contributed by atoms with Crippen molar-refractivity contribution >= 4 is 17.7 Å². The maximum atomic E-state index is 12.7. The Labute approximate surface area is 172 Å². The number of methoxy groups -OCH3 is 1. The summed E-state index contributed by atoms with van der Waals surface area (Å²) in [4.78, 5) is 28.6.